The molecule has 0 unspecified atom stereocenters. The van der Waals surface area contributed by atoms with E-state index in [1.807, 2.05) is 16.8 Å². The number of nitrogens with one attached hydrogen (secondary N) is 1. The number of ether oxygens (including phenoxy) is 1. The molecule has 27 heavy (non-hydrogen) atoms. The summed E-state index contributed by atoms with van der Waals surface area (Å²) in [7, 11) is 1.69. The summed E-state index contributed by atoms with van der Waals surface area (Å²) in [5.74, 6) is 0. The lowest BCUT2D eigenvalue weighted by Gasteiger charge is -2.38. The monoisotopic (exact) mass is 427 g/mol. The van der Waals surface area contributed by atoms with E-state index < -0.39 is 0 Å². The first kappa shape index (κ1) is 20.7. The Kier molecular flexibility index (Phi) is 7.63. The normalized spacial score (nSPS) is 17.1. The van der Waals surface area contributed by atoms with Crippen LogP contribution in [0, 0.1) is 3.95 Å². The first-order chi connectivity index (χ1) is 13.1. The third-order valence-corrected chi connectivity index (χ3v) is 6.44. The van der Waals surface area contributed by atoms with Crippen molar-refractivity contribution >= 4 is 40.3 Å². The Balaban J connectivity index is 1.52. The number of hydrogen-bond acceptors (Lipinski definition) is 7. The van der Waals surface area contributed by atoms with Crippen molar-refractivity contribution < 1.29 is 4.74 Å². The molecule has 1 atom stereocenters. The van der Waals surface area contributed by atoms with Gasteiger partial charge in [0.2, 0.25) is 5.13 Å². The molecule has 1 saturated heterocycles. The Labute approximate surface area is 174 Å². The van der Waals surface area contributed by atoms with Gasteiger partial charge in [-0.25, -0.2) is 4.68 Å². The molecule has 1 aromatic carbocycles. The first-order valence-corrected chi connectivity index (χ1v) is 10.7. The van der Waals surface area contributed by atoms with Crippen LogP contribution in [0.25, 0.3) is 0 Å². The van der Waals surface area contributed by atoms with Crippen LogP contribution in [0.1, 0.15) is 18.5 Å². The molecule has 9 heteroatoms. The maximum atomic E-state index is 6.37. The molecule has 0 saturated carbocycles. The minimum atomic E-state index is 0.318. The lowest BCUT2D eigenvalue weighted by Crippen LogP contribution is -2.47. The quantitative estimate of drug-likeness (QED) is 0.511. The third-order valence-electron chi connectivity index (χ3n) is 4.83. The summed E-state index contributed by atoms with van der Waals surface area (Å²) in [5, 5.41) is 9.52. The number of halogens is 1. The lowest BCUT2D eigenvalue weighted by molar-refractivity contribution is 0.0792. The molecule has 2 heterocycles. The Morgan fingerprint density at radius 2 is 2.04 bits per heavy atom. The van der Waals surface area contributed by atoms with Gasteiger partial charge in [0.1, 0.15) is 0 Å². The lowest BCUT2D eigenvalue weighted by atomic mass is 10.1. The number of aromatic nitrogens is 2. The fraction of sp³-hybridized carbons (Fsp3) is 0.556. The van der Waals surface area contributed by atoms with Crippen LogP contribution in [0.2, 0.25) is 5.02 Å². The first-order valence-electron chi connectivity index (χ1n) is 9.10. The topological polar surface area (TPSA) is 45.6 Å². The van der Waals surface area contributed by atoms with Gasteiger partial charge in [0.25, 0.3) is 0 Å². The number of benzene rings is 1. The zero-order chi connectivity index (χ0) is 19.2. The van der Waals surface area contributed by atoms with Crippen LogP contribution in [0.3, 0.4) is 0 Å². The number of nitrogens with zero attached hydrogens (tertiary/aromatic N) is 4. The molecule has 0 bridgehead atoms. The molecule has 1 aliphatic rings. The molecular weight excluding hydrogens is 402 g/mol. The SMILES string of the molecule is COCCNc1nn(CN2CCN([C@H](C)c3ccccc3Cl)CC2)c(=S)s1. The number of rotatable bonds is 8. The largest absolute Gasteiger partial charge is 0.383 e. The predicted molar refractivity (Wildman–Crippen MR) is 114 cm³/mol. The highest BCUT2D eigenvalue weighted by Gasteiger charge is 2.23. The molecule has 6 nitrogen and oxygen atoms in total. The number of piperazine rings is 1. The molecular formula is C18H26ClN5OS2. The molecule has 0 spiro atoms. The summed E-state index contributed by atoms with van der Waals surface area (Å²) in [4.78, 5) is 4.88. The molecule has 1 fully saturated rings. The van der Waals surface area contributed by atoms with E-state index >= 15 is 0 Å². The van der Waals surface area contributed by atoms with Gasteiger partial charge in [-0.1, -0.05) is 41.1 Å². The van der Waals surface area contributed by atoms with Crippen molar-refractivity contribution in [2.75, 3.05) is 51.8 Å². The second-order valence-electron chi connectivity index (χ2n) is 6.59. The standard InChI is InChI=1S/C18H26ClN5OS2/c1-14(15-5-3-4-6-16(15)19)23-10-8-22(9-11-23)13-24-18(26)27-17(21-24)20-7-12-25-2/h3-6,14H,7-13H2,1-2H3,(H,20,21)/t14-/m1/s1. The highest BCUT2D eigenvalue weighted by molar-refractivity contribution is 7.73. The van der Waals surface area contributed by atoms with Crippen molar-refractivity contribution in [1.82, 2.24) is 19.6 Å². The molecule has 2 aromatic rings. The van der Waals surface area contributed by atoms with E-state index in [1.165, 1.54) is 16.9 Å². The smallest absolute Gasteiger partial charge is 0.204 e. The van der Waals surface area contributed by atoms with Crippen LogP contribution in [-0.2, 0) is 11.4 Å². The Hall–Kier alpha value is -1.03. The Morgan fingerprint density at radius 3 is 2.74 bits per heavy atom. The van der Waals surface area contributed by atoms with Gasteiger partial charge in [0.15, 0.2) is 3.95 Å². The minimum absolute atomic E-state index is 0.318. The van der Waals surface area contributed by atoms with Crippen LogP contribution in [-0.4, -0.2) is 66.0 Å². The van der Waals surface area contributed by atoms with Crippen molar-refractivity contribution in [1.29, 1.82) is 0 Å². The van der Waals surface area contributed by atoms with Crippen LogP contribution in [0.4, 0.5) is 5.13 Å². The van der Waals surface area contributed by atoms with E-state index in [1.54, 1.807) is 7.11 Å². The van der Waals surface area contributed by atoms with Crippen LogP contribution >= 0.6 is 35.2 Å². The van der Waals surface area contributed by atoms with Gasteiger partial charge < -0.3 is 10.1 Å². The Bertz CT molecular complexity index is 788. The second kappa shape index (κ2) is 9.95. The molecule has 1 aliphatic heterocycles. The third kappa shape index (κ3) is 5.49. The molecule has 0 amide bonds. The van der Waals surface area contributed by atoms with Crippen molar-refractivity contribution in [3.8, 4) is 0 Å². The van der Waals surface area contributed by atoms with E-state index in [2.05, 4.69) is 39.3 Å². The van der Waals surface area contributed by atoms with Gasteiger partial charge in [0.05, 0.1) is 13.3 Å². The number of anilines is 1. The van der Waals surface area contributed by atoms with Crippen LogP contribution < -0.4 is 5.32 Å². The fourth-order valence-corrected chi connectivity index (χ4v) is 4.53. The summed E-state index contributed by atoms with van der Waals surface area (Å²) in [6.45, 7) is 8.32. The average molecular weight is 428 g/mol. The minimum Gasteiger partial charge on any atom is -0.383 e. The fourth-order valence-electron chi connectivity index (χ4n) is 3.22. The van der Waals surface area contributed by atoms with Crippen molar-refractivity contribution in [2.24, 2.45) is 0 Å². The zero-order valence-electron chi connectivity index (χ0n) is 15.7. The summed E-state index contributed by atoms with van der Waals surface area (Å²) < 4.78 is 7.75. The summed E-state index contributed by atoms with van der Waals surface area (Å²) in [6, 6.07) is 8.43. The van der Waals surface area contributed by atoms with Crippen LogP contribution in [0.15, 0.2) is 24.3 Å². The van der Waals surface area contributed by atoms with Gasteiger partial charge in [-0.15, -0.1) is 5.10 Å². The number of hydrogen-bond donors (Lipinski definition) is 1. The zero-order valence-corrected chi connectivity index (χ0v) is 18.1. The van der Waals surface area contributed by atoms with Crippen molar-refractivity contribution in [3.05, 3.63) is 38.8 Å². The van der Waals surface area contributed by atoms with E-state index in [9.17, 15) is 0 Å². The molecule has 0 radical (unpaired) electrons. The Morgan fingerprint density at radius 1 is 1.30 bits per heavy atom. The highest BCUT2D eigenvalue weighted by atomic mass is 35.5. The van der Waals surface area contributed by atoms with Gasteiger partial charge >= 0.3 is 0 Å². The van der Waals surface area contributed by atoms with Crippen LogP contribution in [0.5, 0.6) is 0 Å². The highest BCUT2D eigenvalue weighted by Crippen LogP contribution is 2.27. The van der Waals surface area contributed by atoms with Gasteiger partial charge in [-0.05, 0) is 30.8 Å². The average Bonchev–Trinajstić information content (AvgIpc) is 3.02. The summed E-state index contributed by atoms with van der Waals surface area (Å²) in [6.07, 6.45) is 0. The predicted octanol–water partition coefficient (Wildman–Crippen LogP) is 3.72. The van der Waals surface area contributed by atoms with E-state index in [0.29, 0.717) is 12.6 Å². The van der Waals surface area contributed by atoms with E-state index in [-0.39, 0.29) is 0 Å². The maximum absolute atomic E-state index is 6.37. The second-order valence-corrected chi connectivity index (χ2v) is 8.61. The molecule has 1 aromatic heterocycles. The van der Waals surface area contributed by atoms with E-state index in [4.69, 9.17) is 28.6 Å². The molecule has 3 rings (SSSR count). The molecule has 0 aliphatic carbocycles. The molecule has 1 N–H and O–H groups in total. The summed E-state index contributed by atoms with van der Waals surface area (Å²) in [5.41, 5.74) is 1.20. The van der Waals surface area contributed by atoms with Crippen molar-refractivity contribution in [2.45, 2.75) is 19.6 Å². The molecule has 148 valence electrons. The van der Waals surface area contributed by atoms with Gasteiger partial charge in [0, 0.05) is 50.9 Å². The maximum Gasteiger partial charge on any atom is 0.204 e. The van der Waals surface area contributed by atoms with Gasteiger partial charge in [-0.2, -0.15) is 0 Å². The van der Waals surface area contributed by atoms with Crippen molar-refractivity contribution in [3.63, 3.8) is 0 Å². The van der Waals surface area contributed by atoms with Gasteiger partial charge in [-0.3, -0.25) is 9.80 Å². The van der Waals surface area contributed by atoms with E-state index in [0.717, 1.165) is 53.5 Å². The summed E-state index contributed by atoms with van der Waals surface area (Å²) >= 11 is 13.3. The number of methoxy groups -OCH3 is 1.